The highest BCUT2D eigenvalue weighted by molar-refractivity contribution is 9.10. The van der Waals surface area contributed by atoms with Gasteiger partial charge < -0.3 is 9.67 Å². The van der Waals surface area contributed by atoms with Crippen molar-refractivity contribution in [2.24, 2.45) is 0 Å². The minimum absolute atomic E-state index is 0.437. The summed E-state index contributed by atoms with van der Waals surface area (Å²) in [4.78, 5) is 8.95. The van der Waals surface area contributed by atoms with Gasteiger partial charge in [-0.05, 0) is 32.0 Å². The van der Waals surface area contributed by atoms with Crippen LogP contribution in [0.2, 0.25) is 0 Å². The van der Waals surface area contributed by atoms with Gasteiger partial charge in [-0.15, -0.1) is 0 Å². The second-order valence-electron chi connectivity index (χ2n) is 5.44. The molecule has 3 heterocycles. The van der Waals surface area contributed by atoms with Gasteiger partial charge >= 0.3 is 0 Å². The number of aromatic nitrogens is 5. The summed E-state index contributed by atoms with van der Waals surface area (Å²) < 4.78 is 4.88. The molecule has 4 rings (SSSR count). The fourth-order valence-electron chi connectivity index (χ4n) is 2.75. The van der Waals surface area contributed by atoms with Gasteiger partial charge in [0.15, 0.2) is 11.6 Å². The molecule has 1 atom stereocenters. The minimum Gasteiger partial charge on any atom is -0.385 e. The first-order valence-electron chi connectivity index (χ1n) is 7.00. The molecule has 0 saturated carbocycles. The molecule has 0 bridgehead atoms. The van der Waals surface area contributed by atoms with Gasteiger partial charge in [0, 0.05) is 10.0 Å². The molecule has 1 aromatic carbocycles. The van der Waals surface area contributed by atoms with Gasteiger partial charge in [-0.25, -0.2) is 14.6 Å². The quantitative estimate of drug-likeness (QED) is 0.567. The molecule has 0 radical (unpaired) electrons. The zero-order valence-corrected chi connectivity index (χ0v) is 13.7. The van der Waals surface area contributed by atoms with Gasteiger partial charge in [-0.1, -0.05) is 15.9 Å². The third-order valence-corrected chi connectivity index (χ3v) is 4.39. The number of fused-ring (bicyclic) bond motifs is 5. The van der Waals surface area contributed by atoms with Crippen LogP contribution in [0.1, 0.15) is 30.2 Å². The molecule has 0 amide bonds. The number of nitrogens with zero attached hydrogens (tertiary/aromatic N) is 5. The molecule has 0 aliphatic carbocycles. The average Bonchev–Trinajstić information content (AvgIpc) is 3.02. The molecule has 3 aromatic rings. The zero-order chi connectivity index (χ0) is 15.4. The van der Waals surface area contributed by atoms with E-state index in [2.05, 4.69) is 35.6 Å². The summed E-state index contributed by atoms with van der Waals surface area (Å²) in [6, 6.07) is 6.06. The van der Waals surface area contributed by atoms with E-state index in [9.17, 15) is 5.11 Å². The first-order chi connectivity index (χ1) is 10.5. The molecule has 112 valence electrons. The SMILES string of the molecule is Cc1ncn2c1Cn1nc(C(C)O)nc1-c1cc(Br)ccc1-2. The maximum atomic E-state index is 9.79. The van der Waals surface area contributed by atoms with E-state index < -0.39 is 6.10 Å². The van der Waals surface area contributed by atoms with Crippen LogP contribution in [-0.4, -0.2) is 29.4 Å². The van der Waals surface area contributed by atoms with Gasteiger partial charge in [0.2, 0.25) is 0 Å². The van der Waals surface area contributed by atoms with Crippen molar-refractivity contribution in [3.05, 3.63) is 46.2 Å². The van der Waals surface area contributed by atoms with Crippen molar-refractivity contribution in [2.75, 3.05) is 0 Å². The lowest BCUT2D eigenvalue weighted by Gasteiger charge is -2.08. The Morgan fingerprint density at radius 1 is 1.36 bits per heavy atom. The van der Waals surface area contributed by atoms with E-state index in [0.717, 1.165) is 32.9 Å². The van der Waals surface area contributed by atoms with Crippen molar-refractivity contribution in [1.29, 1.82) is 0 Å². The third-order valence-electron chi connectivity index (χ3n) is 3.90. The van der Waals surface area contributed by atoms with Crippen molar-refractivity contribution in [3.8, 4) is 17.1 Å². The van der Waals surface area contributed by atoms with E-state index in [1.165, 1.54) is 0 Å². The molecule has 1 aliphatic rings. The van der Waals surface area contributed by atoms with Crippen molar-refractivity contribution in [3.63, 3.8) is 0 Å². The Morgan fingerprint density at radius 3 is 2.95 bits per heavy atom. The van der Waals surface area contributed by atoms with Crippen molar-refractivity contribution >= 4 is 15.9 Å². The lowest BCUT2D eigenvalue weighted by molar-refractivity contribution is 0.188. The lowest BCUT2D eigenvalue weighted by atomic mass is 10.1. The monoisotopic (exact) mass is 359 g/mol. The molecule has 2 aromatic heterocycles. The molecule has 0 saturated heterocycles. The van der Waals surface area contributed by atoms with Crippen LogP contribution < -0.4 is 0 Å². The molecule has 7 heteroatoms. The van der Waals surface area contributed by atoms with Crippen LogP contribution in [-0.2, 0) is 6.54 Å². The highest BCUT2D eigenvalue weighted by Crippen LogP contribution is 2.33. The Hall–Kier alpha value is -1.99. The van der Waals surface area contributed by atoms with E-state index in [1.54, 1.807) is 6.92 Å². The van der Waals surface area contributed by atoms with E-state index >= 15 is 0 Å². The van der Waals surface area contributed by atoms with Crippen LogP contribution in [0, 0.1) is 6.92 Å². The summed E-state index contributed by atoms with van der Waals surface area (Å²) in [5.74, 6) is 1.20. The molecule has 6 nitrogen and oxygen atoms in total. The average molecular weight is 360 g/mol. The standard InChI is InChI=1S/C15H14BrN5O/c1-8-13-6-21-15(18-14(19-21)9(2)22)11-5-10(16)3-4-12(11)20(13)7-17-8/h3-5,7,9,22H,6H2,1-2H3. The van der Waals surface area contributed by atoms with Gasteiger partial charge in [-0.3, -0.25) is 0 Å². The van der Waals surface area contributed by atoms with Crippen LogP contribution in [0.25, 0.3) is 17.1 Å². The second-order valence-corrected chi connectivity index (χ2v) is 6.35. The van der Waals surface area contributed by atoms with Crippen molar-refractivity contribution < 1.29 is 5.11 Å². The Bertz CT molecular complexity index is 880. The highest BCUT2D eigenvalue weighted by atomic mass is 79.9. The molecule has 22 heavy (non-hydrogen) atoms. The fraction of sp³-hybridized carbons (Fsp3) is 0.267. The number of hydrogen-bond donors (Lipinski definition) is 1. The topological polar surface area (TPSA) is 68.8 Å². The Labute approximate surface area is 135 Å². The molecule has 1 unspecified atom stereocenters. The predicted molar refractivity (Wildman–Crippen MR) is 84.8 cm³/mol. The predicted octanol–water partition coefficient (Wildman–Crippen LogP) is 2.62. The number of hydrogen-bond acceptors (Lipinski definition) is 4. The van der Waals surface area contributed by atoms with Crippen LogP contribution in [0.3, 0.4) is 0 Å². The maximum Gasteiger partial charge on any atom is 0.179 e. The first-order valence-corrected chi connectivity index (χ1v) is 7.80. The van der Waals surface area contributed by atoms with E-state index in [4.69, 9.17) is 0 Å². The number of aliphatic hydroxyl groups excluding tert-OH is 1. The number of aryl methyl sites for hydroxylation is 1. The molecule has 0 spiro atoms. The van der Waals surface area contributed by atoms with Crippen LogP contribution in [0.5, 0.6) is 0 Å². The van der Waals surface area contributed by atoms with Gasteiger partial charge in [0.1, 0.15) is 6.10 Å². The van der Waals surface area contributed by atoms with E-state index in [1.807, 2.05) is 36.1 Å². The summed E-state index contributed by atoms with van der Waals surface area (Å²) in [7, 11) is 0. The Morgan fingerprint density at radius 2 is 2.18 bits per heavy atom. The number of halogens is 1. The summed E-state index contributed by atoms with van der Waals surface area (Å²) in [6.45, 7) is 4.24. The number of rotatable bonds is 1. The van der Waals surface area contributed by atoms with Crippen molar-refractivity contribution in [1.82, 2.24) is 24.3 Å². The van der Waals surface area contributed by atoms with E-state index in [-0.39, 0.29) is 0 Å². The molecular weight excluding hydrogens is 346 g/mol. The summed E-state index contributed by atoms with van der Waals surface area (Å²) >= 11 is 3.52. The van der Waals surface area contributed by atoms with E-state index in [0.29, 0.717) is 12.4 Å². The first kappa shape index (κ1) is 13.7. The van der Waals surface area contributed by atoms with Crippen LogP contribution >= 0.6 is 15.9 Å². The Balaban J connectivity index is 2.05. The maximum absolute atomic E-state index is 9.79. The van der Waals surface area contributed by atoms with Crippen molar-refractivity contribution in [2.45, 2.75) is 26.5 Å². The molecule has 0 fully saturated rings. The minimum atomic E-state index is -0.693. The summed E-state index contributed by atoms with van der Waals surface area (Å²) in [6.07, 6.45) is 1.14. The lowest BCUT2D eigenvalue weighted by Crippen LogP contribution is -2.06. The molecule has 1 N–H and O–H groups in total. The van der Waals surface area contributed by atoms with Gasteiger partial charge in [-0.2, -0.15) is 5.10 Å². The number of benzene rings is 1. The van der Waals surface area contributed by atoms with Crippen LogP contribution in [0.15, 0.2) is 29.0 Å². The van der Waals surface area contributed by atoms with Crippen LogP contribution in [0.4, 0.5) is 0 Å². The molecule has 1 aliphatic heterocycles. The third kappa shape index (κ3) is 1.93. The second kappa shape index (κ2) is 4.76. The smallest absolute Gasteiger partial charge is 0.179 e. The number of aliphatic hydroxyl groups is 1. The Kier molecular flexibility index (Phi) is 2.95. The fourth-order valence-corrected chi connectivity index (χ4v) is 3.11. The largest absolute Gasteiger partial charge is 0.385 e. The number of imidazole rings is 1. The van der Waals surface area contributed by atoms with Gasteiger partial charge in [0.25, 0.3) is 0 Å². The van der Waals surface area contributed by atoms with Gasteiger partial charge in [0.05, 0.1) is 29.9 Å². The summed E-state index contributed by atoms with van der Waals surface area (Å²) in [5.41, 5.74) is 4.02. The summed E-state index contributed by atoms with van der Waals surface area (Å²) in [5, 5.41) is 14.2. The zero-order valence-electron chi connectivity index (χ0n) is 12.2. The normalized spacial score (nSPS) is 14.0. The molecular formula is C15H14BrN5O. The highest BCUT2D eigenvalue weighted by Gasteiger charge is 2.24.